The lowest BCUT2D eigenvalue weighted by atomic mass is 10.1. The first-order valence-electron chi connectivity index (χ1n) is 6.96. The molecular formula is C17H18BrNO. The molecule has 3 unspecified atom stereocenters. The largest absolute Gasteiger partial charge is 0.387 e. The van der Waals surface area contributed by atoms with Crippen LogP contribution in [0.25, 0.3) is 0 Å². The minimum atomic E-state index is -0.454. The van der Waals surface area contributed by atoms with Crippen molar-refractivity contribution in [3.8, 4) is 0 Å². The molecule has 0 saturated heterocycles. The fraction of sp³-hybridized carbons (Fsp3) is 0.294. The van der Waals surface area contributed by atoms with Crippen molar-refractivity contribution in [2.75, 3.05) is 6.54 Å². The molecule has 1 fully saturated rings. The lowest BCUT2D eigenvalue weighted by molar-refractivity contribution is 0.174. The molecule has 3 rings (SSSR count). The van der Waals surface area contributed by atoms with Crippen LogP contribution in [-0.4, -0.2) is 17.7 Å². The van der Waals surface area contributed by atoms with Gasteiger partial charge in [-0.2, -0.15) is 0 Å². The van der Waals surface area contributed by atoms with Gasteiger partial charge in [-0.1, -0.05) is 58.4 Å². The normalized spacial score (nSPS) is 22.5. The highest BCUT2D eigenvalue weighted by atomic mass is 79.9. The molecule has 1 aliphatic rings. The van der Waals surface area contributed by atoms with Crippen LogP contribution >= 0.6 is 15.9 Å². The maximum atomic E-state index is 10.2. The minimum Gasteiger partial charge on any atom is -0.387 e. The van der Waals surface area contributed by atoms with Gasteiger partial charge < -0.3 is 10.4 Å². The Morgan fingerprint density at radius 2 is 1.95 bits per heavy atom. The highest BCUT2D eigenvalue weighted by Gasteiger charge is 2.37. The van der Waals surface area contributed by atoms with E-state index in [2.05, 4.69) is 45.5 Å². The van der Waals surface area contributed by atoms with Gasteiger partial charge in [0, 0.05) is 23.0 Å². The second kappa shape index (κ2) is 6.08. The molecule has 3 atom stereocenters. The van der Waals surface area contributed by atoms with Crippen molar-refractivity contribution in [3.63, 3.8) is 0 Å². The van der Waals surface area contributed by atoms with Gasteiger partial charge >= 0.3 is 0 Å². The van der Waals surface area contributed by atoms with Gasteiger partial charge in [0.1, 0.15) is 0 Å². The van der Waals surface area contributed by atoms with Crippen LogP contribution in [-0.2, 0) is 0 Å². The van der Waals surface area contributed by atoms with Crippen molar-refractivity contribution in [1.29, 1.82) is 0 Å². The van der Waals surface area contributed by atoms with Gasteiger partial charge in [0.2, 0.25) is 0 Å². The summed E-state index contributed by atoms with van der Waals surface area (Å²) in [5, 5.41) is 13.7. The fourth-order valence-corrected chi connectivity index (χ4v) is 3.00. The van der Waals surface area contributed by atoms with Crippen LogP contribution in [0.5, 0.6) is 0 Å². The molecule has 0 heterocycles. The van der Waals surface area contributed by atoms with Crippen LogP contribution in [0.1, 0.15) is 29.6 Å². The smallest absolute Gasteiger partial charge is 0.0914 e. The zero-order valence-electron chi connectivity index (χ0n) is 11.2. The molecule has 1 saturated carbocycles. The second-order valence-electron chi connectivity index (χ2n) is 5.34. The number of halogens is 1. The van der Waals surface area contributed by atoms with E-state index in [1.807, 2.05) is 30.3 Å². The highest BCUT2D eigenvalue weighted by Crippen LogP contribution is 2.40. The quantitative estimate of drug-likeness (QED) is 0.876. The van der Waals surface area contributed by atoms with Gasteiger partial charge in [-0.25, -0.2) is 0 Å². The van der Waals surface area contributed by atoms with E-state index in [4.69, 9.17) is 0 Å². The summed E-state index contributed by atoms with van der Waals surface area (Å²) in [5.41, 5.74) is 2.34. The van der Waals surface area contributed by atoms with Crippen LogP contribution < -0.4 is 5.32 Å². The summed E-state index contributed by atoms with van der Waals surface area (Å²) in [7, 11) is 0. The lowest BCUT2D eigenvalue weighted by Gasteiger charge is -2.12. The number of aliphatic hydroxyl groups excluding tert-OH is 1. The van der Waals surface area contributed by atoms with Crippen LogP contribution in [0.3, 0.4) is 0 Å². The minimum absolute atomic E-state index is 0.454. The molecule has 20 heavy (non-hydrogen) atoms. The molecule has 2 nitrogen and oxygen atoms in total. The number of nitrogens with one attached hydrogen (secondary N) is 1. The number of rotatable bonds is 5. The Balaban J connectivity index is 1.52. The third-order valence-electron chi connectivity index (χ3n) is 3.83. The zero-order valence-corrected chi connectivity index (χ0v) is 12.8. The Hall–Kier alpha value is -1.16. The summed E-state index contributed by atoms with van der Waals surface area (Å²) in [4.78, 5) is 0. The van der Waals surface area contributed by atoms with Gasteiger partial charge in [0.05, 0.1) is 6.10 Å². The zero-order chi connectivity index (χ0) is 13.9. The molecule has 2 aromatic carbocycles. The number of benzene rings is 2. The number of hydrogen-bond donors (Lipinski definition) is 2. The van der Waals surface area contributed by atoms with Crippen LogP contribution in [0, 0.1) is 0 Å². The van der Waals surface area contributed by atoms with Crippen LogP contribution in [0.2, 0.25) is 0 Å². The van der Waals surface area contributed by atoms with E-state index in [0.29, 0.717) is 18.5 Å². The van der Waals surface area contributed by atoms with Gasteiger partial charge in [-0.3, -0.25) is 0 Å². The van der Waals surface area contributed by atoms with E-state index in [-0.39, 0.29) is 0 Å². The molecule has 0 radical (unpaired) electrons. The van der Waals surface area contributed by atoms with E-state index in [9.17, 15) is 5.11 Å². The van der Waals surface area contributed by atoms with Gasteiger partial charge in [0.15, 0.2) is 0 Å². The third kappa shape index (κ3) is 3.29. The summed E-state index contributed by atoms with van der Waals surface area (Å²) in [6.07, 6.45) is 0.708. The summed E-state index contributed by atoms with van der Waals surface area (Å²) in [5.74, 6) is 0.603. The van der Waals surface area contributed by atoms with Crippen molar-refractivity contribution in [1.82, 2.24) is 5.32 Å². The second-order valence-corrected chi connectivity index (χ2v) is 6.25. The van der Waals surface area contributed by atoms with Crippen LogP contribution in [0.15, 0.2) is 59.1 Å². The lowest BCUT2D eigenvalue weighted by Crippen LogP contribution is -2.24. The molecule has 0 amide bonds. The van der Waals surface area contributed by atoms with Crippen molar-refractivity contribution in [3.05, 3.63) is 70.2 Å². The van der Waals surface area contributed by atoms with E-state index in [1.165, 1.54) is 5.56 Å². The molecule has 2 aromatic rings. The first kappa shape index (κ1) is 13.8. The van der Waals surface area contributed by atoms with Crippen molar-refractivity contribution < 1.29 is 5.11 Å². The first-order valence-corrected chi connectivity index (χ1v) is 7.75. The van der Waals surface area contributed by atoms with Crippen molar-refractivity contribution >= 4 is 15.9 Å². The van der Waals surface area contributed by atoms with Crippen LogP contribution in [0.4, 0.5) is 0 Å². The monoisotopic (exact) mass is 331 g/mol. The Morgan fingerprint density at radius 3 is 2.70 bits per heavy atom. The standard InChI is InChI=1S/C17H18BrNO/c18-14-8-4-7-13(9-14)17(20)11-19-16-10-15(16)12-5-2-1-3-6-12/h1-9,15-17,19-20H,10-11H2. The van der Waals surface area contributed by atoms with E-state index in [0.717, 1.165) is 16.5 Å². The Kier molecular flexibility index (Phi) is 4.20. The van der Waals surface area contributed by atoms with E-state index in [1.54, 1.807) is 0 Å². The first-order chi connectivity index (χ1) is 9.74. The molecule has 1 aliphatic carbocycles. The summed E-state index contributed by atoms with van der Waals surface area (Å²) < 4.78 is 1.00. The SMILES string of the molecule is OC(CNC1CC1c1ccccc1)c1cccc(Br)c1. The van der Waals surface area contributed by atoms with Gasteiger partial charge in [-0.15, -0.1) is 0 Å². The molecule has 104 valence electrons. The number of aliphatic hydroxyl groups is 1. The average Bonchev–Trinajstić information content (AvgIpc) is 3.25. The highest BCUT2D eigenvalue weighted by molar-refractivity contribution is 9.10. The third-order valence-corrected chi connectivity index (χ3v) is 4.32. The maximum Gasteiger partial charge on any atom is 0.0914 e. The average molecular weight is 332 g/mol. The molecule has 0 aromatic heterocycles. The molecule has 0 aliphatic heterocycles. The molecule has 0 bridgehead atoms. The van der Waals surface area contributed by atoms with Crippen molar-refractivity contribution in [2.45, 2.75) is 24.5 Å². The van der Waals surface area contributed by atoms with Gasteiger partial charge in [-0.05, 0) is 29.7 Å². The maximum absolute atomic E-state index is 10.2. The predicted molar refractivity (Wildman–Crippen MR) is 84.7 cm³/mol. The summed E-state index contributed by atoms with van der Waals surface area (Å²) in [6.45, 7) is 0.602. The summed E-state index contributed by atoms with van der Waals surface area (Å²) >= 11 is 3.43. The Morgan fingerprint density at radius 1 is 1.15 bits per heavy atom. The Labute approximate surface area is 128 Å². The molecule has 0 spiro atoms. The van der Waals surface area contributed by atoms with E-state index < -0.39 is 6.10 Å². The van der Waals surface area contributed by atoms with E-state index >= 15 is 0 Å². The fourth-order valence-electron chi connectivity index (χ4n) is 2.58. The summed E-state index contributed by atoms with van der Waals surface area (Å²) in [6, 6.07) is 18.9. The molecular weight excluding hydrogens is 314 g/mol. The van der Waals surface area contributed by atoms with Crippen molar-refractivity contribution in [2.24, 2.45) is 0 Å². The molecule has 2 N–H and O–H groups in total. The predicted octanol–water partition coefficient (Wildman–Crippen LogP) is 3.63. The Bertz CT molecular complexity index is 572. The molecule has 3 heteroatoms. The number of hydrogen-bond acceptors (Lipinski definition) is 2. The topological polar surface area (TPSA) is 32.3 Å². The van der Waals surface area contributed by atoms with Gasteiger partial charge in [0.25, 0.3) is 0 Å².